The summed E-state index contributed by atoms with van der Waals surface area (Å²) in [6.07, 6.45) is 0.939. The molecule has 1 saturated heterocycles. The zero-order chi connectivity index (χ0) is 14.7. The molecule has 1 aliphatic rings. The first-order valence-electron chi connectivity index (χ1n) is 6.07. The molecule has 3 N–H and O–H groups in total. The molecule has 1 aromatic carbocycles. The third-order valence-electron chi connectivity index (χ3n) is 3.14. The first-order chi connectivity index (χ1) is 9.52. The van der Waals surface area contributed by atoms with Crippen LogP contribution in [0.4, 0.5) is 5.69 Å². The van der Waals surface area contributed by atoms with Crippen LogP contribution in [0.15, 0.2) is 28.3 Å². The van der Waals surface area contributed by atoms with Gasteiger partial charge in [0.1, 0.15) is 0 Å². The van der Waals surface area contributed by atoms with Crippen LogP contribution in [0.1, 0.15) is 18.9 Å². The Hall–Kier alpha value is -1.80. The van der Waals surface area contributed by atoms with Gasteiger partial charge in [0.25, 0.3) is 5.69 Å². The van der Waals surface area contributed by atoms with Crippen molar-refractivity contribution in [3.8, 4) is 0 Å². The number of nitrogens with zero attached hydrogens (tertiary/aromatic N) is 2. The van der Waals surface area contributed by atoms with E-state index in [1.54, 1.807) is 12.1 Å². The van der Waals surface area contributed by atoms with Crippen LogP contribution >= 0.6 is 11.8 Å². The summed E-state index contributed by atoms with van der Waals surface area (Å²) in [5.74, 6) is -0.151. The van der Waals surface area contributed by atoms with Crippen LogP contribution in [0, 0.1) is 10.1 Å². The van der Waals surface area contributed by atoms with Crippen molar-refractivity contribution in [1.29, 1.82) is 0 Å². The monoisotopic (exact) mass is 297 g/mol. The minimum atomic E-state index is -0.461. The second-order valence-corrected chi connectivity index (χ2v) is 5.73. The molecule has 2 rings (SSSR count). The summed E-state index contributed by atoms with van der Waals surface area (Å²) in [4.78, 5) is 11.3. The maximum Gasteiger partial charge on any atom is 0.283 e. The molecule has 108 valence electrons. The maximum atomic E-state index is 11.2. The molecule has 0 aromatic heterocycles. The highest BCUT2D eigenvalue weighted by Gasteiger charge is 2.28. The van der Waals surface area contributed by atoms with Crippen LogP contribution in [0.25, 0.3) is 0 Å². The Balaban J connectivity index is 2.30. The number of oxime groups is 1. The van der Waals surface area contributed by atoms with E-state index in [0.29, 0.717) is 17.1 Å². The van der Waals surface area contributed by atoms with Gasteiger partial charge in [0.15, 0.2) is 5.84 Å². The van der Waals surface area contributed by atoms with Crippen LogP contribution in [-0.4, -0.2) is 33.9 Å². The summed E-state index contributed by atoms with van der Waals surface area (Å²) in [5.41, 5.74) is 5.73. The van der Waals surface area contributed by atoms with Gasteiger partial charge in [0.05, 0.1) is 15.9 Å². The lowest BCUT2D eigenvalue weighted by atomic mass is 10.2. The number of nitro groups is 1. The Labute approximate surface area is 119 Å². The van der Waals surface area contributed by atoms with Gasteiger partial charge in [-0.1, -0.05) is 5.16 Å². The van der Waals surface area contributed by atoms with Gasteiger partial charge < -0.3 is 15.7 Å². The molecule has 8 heteroatoms. The van der Waals surface area contributed by atoms with Crippen molar-refractivity contribution >= 4 is 23.3 Å². The van der Waals surface area contributed by atoms with Gasteiger partial charge in [0.2, 0.25) is 0 Å². The molecule has 1 aromatic rings. The SMILES string of the molecule is CC1OCCC1Sc1ccc(/C(N)=N/O)cc1[N+](=O)[O-]. The molecular weight excluding hydrogens is 282 g/mol. The van der Waals surface area contributed by atoms with E-state index in [1.165, 1.54) is 17.8 Å². The average molecular weight is 297 g/mol. The summed E-state index contributed by atoms with van der Waals surface area (Å²) < 4.78 is 5.45. The van der Waals surface area contributed by atoms with Gasteiger partial charge in [-0.2, -0.15) is 0 Å². The van der Waals surface area contributed by atoms with Crippen LogP contribution in [0.2, 0.25) is 0 Å². The van der Waals surface area contributed by atoms with Crippen molar-refractivity contribution in [3.63, 3.8) is 0 Å². The molecule has 0 spiro atoms. The molecule has 0 bridgehead atoms. The van der Waals surface area contributed by atoms with E-state index in [9.17, 15) is 10.1 Å². The highest BCUT2D eigenvalue weighted by Crippen LogP contribution is 2.37. The largest absolute Gasteiger partial charge is 0.409 e. The molecule has 1 aliphatic heterocycles. The molecule has 1 fully saturated rings. The van der Waals surface area contributed by atoms with Crippen molar-refractivity contribution in [2.24, 2.45) is 10.9 Å². The van der Waals surface area contributed by atoms with Gasteiger partial charge in [0, 0.05) is 23.5 Å². The number of hydrogen-bond acceptors (Lipinski definition) is 6. The Kier molecular flexibility index (Phi) is 4.46. The number of nitrogens with two attached hydrogens (primary N) is 1. The number of thioether (sulfide) groups is 1. The first kappa shape index (κ1) is 14.6. The number of nitro benzene ring substituents is 1. The summed E-state index contributed by atoms with van der Waals surface area (Å²) in [7, 11) is 0. The van der Waals surface area contributed by atoms with E-state index in [4.69, 9.17) is 15.7 Å². The fourth-order valence-electron chi connectivity index (χ4n) is 2.01. The van der Waals surface area contributed by atoms with E-state index in [1.807, 2.05) is 6.92 Å². The second kappa shape index (κ2) is 6.10. The van der Waals surface area contributed by atoms with Gasteiger partial charge in [-0.3, -0.25) is 10.1 Å². The van der Waals surface area contributed by atoms with Gasteiger partial charge in [-0.15, -0.1) is 11.8 Å². The lowest BCUT2D eigenvalue weighted by Gasteiger charge is -2.13. The zero-order valence-corrected chi connectivity index (χ0v) is 11.7. The molecule has 7 nitrogen and oxygen atoms in total. The first-order valence-corrected chi connectivity index (χ1v) is 6.95. The average Bonchev–Trinajstić information content (AvgIpc) is 2.83. The van der Waals surface area contributed by atoms with E-state index in [2.05, 4.69) is 5.16 Å². The Bertz CT molecular complexity index is 550. The Morgan fingerprint density at radius 3 is 2.95 bits per heavy atom. The smallest absolute Gasteiger partial charge is 0.283 e. The number of hydrogen-bond donors (Lipinski definition) is 2. The molecule has 0 aliphatic carbocycles. The summed E-state index contributed by atoms with van der Waals surface area (Å²) in [6.45, 7) is 2.64. The quantitative estimate of drug-likeness (QED) is 0.289. The number of benzene rings is 1. The van der Waals surface area contributed by atoms with Gasteiger partial charge >= 0.3 is 0 Å². The maximum absolute atomic E-state index is 11.2. The molecule has 0 amide bonds. The fourth-order valence-corrected chi connectivity index (χ4v) is 3.22. The lowest BCUT2D eigenvalue weighted by Crippen LogP contribution is -2.15. The number of rotatable bonds is 4. The topological polar surface area (TPSA) is 111 Å². The Morgan fingerprint density at radius 2 is 2.40 bits per heavy atom. The normalized spacial score (nSPS) is 22.9. The van der Waals surface area contributed by atoms with Crippen LogP contribution in [0.3, 0.4) is 0 Å². The van der Waals surface area contributed by atoms with Crippen molar-refractivity contribution in [2.75, 3.05) is 6.61 Å². The van der Waals surface area contributed by atoms with Crippen LogP contribution in [-0.2, 0) is 4.74 Å². The second-order valence-electron chi connectivity index (χ2n) is 4.45. The molecule has 20 heavy (non-hydrogen) atoms. The molecule has 0 saturated carbocycles. The van der Waals surface area contributed by atoms with E-state index in [-0.39, 0.29) is 22.9 Å². The molecule has 2 unspecified atom stereocenters. The van der Waals surface area contributed by atoms with E-state index in [0.717, 1.165) is 6.42 Å². The zero-order valence-electron chi connectivity index (χ0n) is 10.9. The van der Waals surface area contributed by atoms with Crippen LogP contribution in [0.5, 0.6) is 0 Å². The van der Waals surface area contributed by atoms with Crippen LogP contribution < -0.4 is 5.73 Å². The predicted octanol–water partition coefficient (Wildman–Crippen LogP) is 1.96. The summed E-state index contributed by atoms with van der Waals surface area (Å²) >= 11 is 1.43. The van der Waals surface area contributed by atoms with Crippen molar-refractivity contribution in [2.45, 2.75) is 29.6 Å². The predicted molar refractivity (Wildman–Crippen MR) is 75.3 cm³/mol. The van der Waals surface area contributed by atoms with E-state index < -0.39 is 4.92 Å². The fraction of sp³-hybridized carbons (Fsp3) is 0.417. The number of amidine groups is 1. The third kappa shape index (κ3) is 3.02. The van der Waals surface area contributed by atoms with Gasteiger partial charge in [-0.25, -0.2) is 0 Å². The van der Waals surface area contributed by atoms with Crippen molar-refractivity contribution in [1.82, 2.24) is 0 Å². The van der Waals surface area contributed by atoms with Crippen molar-refractivity contribution < 1.29 is 14.9 Å². The number of ether oxygens (including phenoxy) is 1. The highest BCUT2D eigenvalue weighted by atomic mass is 32.2. The molecule has 0 radical (unpaired) electrons. The third-order valence-corrected chi connectivity index (χ3v) is 4.67. The summed E-state index contributed by atoms with van der Waals surface area (Å²) in [5, 5.41) is 22.8. The lowest BCUT2D eigenvalue weighted by molar-refractivity contribution is -0.387. The van der Waals surface area contributed by atoms with E-state index >= 15 is 0 Å². The Morgan fingerprint density at radius 1 is 1.65 bits per heavy atom. The van der Waals surface area contributed by atoms with Gasteiger partial charge in [-0.05, 0) is 25.5 Å². The van der Waals surface area contributed by atoms with Crippen molar-refractivity contribution in [3.05, 3.63) is 33.9 Å². The minimum absolute atomic E-state index is 0.0433. The minimum Gasteiger partial charge on any atom is -0.409 e. The molecule has 1 heterocycles. The standard InChI is InChI=1S/C12H15N3O4S/c1-7-10(4-5-19-7)20-11-3-2-8(12(13)14-16)6-9(11)15(17)18/h2-3,6-7,10,16H,4-5H2,1H3,(H2,13,14). The molecular formula is C12H15N3O4S. The molecule has 2 atom stereocenters. The highest BCUT2D eigenvalue weighted by molar-refractivity contribution is 8.00. The summed E-state index contributed by atoms with van der Waals surface area (Å²) in [6, 6.07) is 4.55.